The Morgan fingerprint density at radius 2 is 1.79 bits per heavy atom. The summed E-state index contributed by atoms with van der Waals surface area (Å²) >= 11 is 0. The van der Waals surface area contributed by atoms with Gasteiger partial charge in [-0.15, -0.1) is 0 Å². The summed E-state index contributed by atoms with van der Waals surface area (Å²) in [6.45, 7) is 2.18. The number of aromatic nitrogens is 1. The molecule has 0 radical (unpaired) electrons. The zero-order chi connectivity index (χ0) is 11.0. The first-order valence-electron chi connectivity index (χ1n) is 4.26. The molecule has 0 aliphatic heterocycles. The quantitative estimate of drug-likeness (QED) is 0.525. The minimum atomic E-state index is -6.00. The highest BCUT2D eigenvalue weighted by atomic mass is 19.5. The standard InChI is InChI=1S/C8H11N.BF4/c1-2-5-8-6-3-4-7-9-8;2-1(3,4)5/h3-4,6-7H,2,5H2,1H3;/q;-1/p+1. The summed E-state index contributed by atoms with van der Waals surface area (Å²) in [5.74, 6) is 0. The Labute approximate surface area is 80.3 Å². The maximum Gasteiger partial charge on any atom is 0.673 e. The lowest BCUT2D eigenvalue weighted by atomic mass is 10.2. The third-order valence-corrected chi connectivity index (χ3v) is 1.29. The number of H-pyrrole nitrogens is 1. The van der Waals surface area contributed by atoms with Crippen LogP contribution in [-0.4, -0.2) is 7.25 Å². The van der Waals surface area contributed by atoms with Gasteiger partial charge < -0.3 is 17.3 Å². The van der Waals surface area contributed by atoms with E-state index < -0.39 is 7.25 Å². The van der Waals surface area contributed by atoms with Gasteiger partial charge in [0.05, 0.1) is 0 Å². The zero-order valence-corrected chi connectivity index (χ0v) is 7.81. The average molecular weight is 209 g/mol. The monoisotopic (exact) mass is 209 g/mol. The van der Waals surface area contributed by atoms with Gasteiger partial charge >= 0.3 is 7.25 Å². The molecule has 0 spiro atoms. The van der Waals surface area contributed by atoms with E-state index in [1.165, 1.54) is 12.1 Å². The number of nitrogens with one attached hydrogen (secondary N) is 1. The lowest BCUT2D eigenvalue weighted by Crippen LogP contribution is -2.07. The lowest BCUT2D eigenvalue weighted by molar-refractivity contribution is -0.390. The van der Waals surface area contributed by atoms with Crippen molar-refractivity contribution in [2.75, 3.05) is 0 Å². The fourth-order valence-corrected chi connectivity index (χ4v) is 0.855. The molecule has 0 unspecified atom stereocenters. The minimum Gasteiger partial charge on any atom is -0.418 e. The Bertz CT molecular complexity index is 231. The predicted octanol–water partition coefficient (Wildman–Crippen LogP) is 2.75. The average Bonchev–Trinajstić information content (AvgIpc) is 2.03. The molecule has 1 aromatic rings. The van der Waals surface area contributed by atoms with E-state index in [0.717, 1.165) is 6.42 Å². The molecule has 0 atom stereocenters. The van der Waals surface area contributed by atoms with Gasteiger partial charge in [-0.2, -0.15) is 0 Å². The van der Waals surface area contributed by atoms with Crippen LogP contribution >= 0.6 is 0 Å². The molecule has 1 N–H and O–H groups in total. The smallest absolute Gasteiger partial charge is 0.418 e. The largest absolute Gasteiger partial charge is 0.673 e. The Morgan fingerprint density at radius 3 is 2.14 bits per heavy atom. The van der Waals surface area contributed by atoms with E-state index in [0.29, 0.717) is 0 Å². The summed E-state index contributed by atoms with van der Waals surface area (Å²) < 4.78 is 39.0. The van der Waals surface area contributed by atoms with Gasteiger partial charge in [-0.05, 0) is 6.42 Å². The second kappa shape index (κ2) is 6.40. The van der Waals surface area contributed by atoms with Crippen LogP contribution in [0, 0.1) is 0 Å². The first-order chi connectivity index (χ1) is 6.43. The van der Waals surface area contributed by atoms with E-state index >= 15 is 0 Å². The third kappa shape index (κ3) is 10.9. The molecule has 0 bridgehead atoms. The van der Waals surface area contributed by atoms with Gasteiger partial charge in [0.25, 0.3) is 0 Å². The fraction of sp³-hybridized carbons (Fsp3) is 0.375. The molecule has 1 aromatic heterocycles. The molecule has 0 saturated carbocycles. The predicted molar refractivity (Wildman–Crippen MR) is 47.2 cm³/mol. The molecule has 0 aliphatic rings. The van der Waals surface area contributed by atoms with Crippen molar-refractivity contribution in [1.82, 2.24) is 0 Å². The first-order valence-corrected chi connectivity index (χ1v) is 4.26. The normalized spacial score (nSPS) is 10.4. The number of aryl methyl sites for hydroxylation is 1. The van der Waals surface area contributed by atoms with Crippen LogP contribution in [0.1, 0.15) is 19.0 Å². The number of hydrogen-bond donors (Lipinski definition) is 0. The molecule has 0 aromatic carbocycles. The van der Waals surface area contributed by atoms with Crippen LogP contribution < -0.4 is 4.98 Å². The Morgan fingerprint density at radius 1 is 1.21 bits per heavy atom. The summed E-state index contributed by atoms with van der Waals surface area (Å²) in [5, 5.41) is 0. The summed E-state index contributed by atoms with van der Waals surface area (Å²) in [5.41, 5.74) is 1.32. The summed E-state index contributed by atoms with van der Waals surface area (Å²) in [6.07, 6.45) is 4.33. The molecule has 0 saturated heterocycles. The van der Waals surface area contributed by atoms with Crippen LogP contribution in [0.5, 0.6) is 0 Å². The van der Waals surface area contributed by atoms with Crippen molar-refractivity contribution >= 4 is 7.25 Å². The van der Waals surface area contributed by atoms with E-state index in [9.17, 15) is 17.3 Å². The zero-order valence-electron chi connectivity index (χ0n) is 7.81. The van der Waals surface area contributed by atoms with Crippen molar-refractivity contribution < 1.29 is 22.2 Å². The van der Waals surface area contributed by atoms with Gasteiger partial charge in [0, 0.05) is 18.6 Å². The second-order valence-corrected chi connectivity index (χ2v) is 2.63. The van der Waals surface area contributed by atoms with Crippen molar-refractivity contribution in [3.05, 3.63) is 30.1 Å². The third-order valence-electron chi connectivity index (χ3n) is 1.29. The molecule has 1 heterocycles. The van der Waals surface area contributed by atoms with Crippen LogP contribution in [-0.2, 0) is 6.42 Å². The summed E-state index contributed by atoms with van der Waals surface area (Å²) in [7, 11) is -6.00. The van der Waals surface area contributed by atoms with E-state index in [-0.39, 0.29) is 0 Å². The van der Waals surface area contributed by atoms with E-state index in [4.69, 9.17) is 0 Å². The Hall–Kier alpha value is -1.07. The summed E-state index contributed by atoms with van der Waals surface area (Å²) in [4.78, 5) is 3.17. The highest BCUT2D eigenvalue weighted by molar-refractivity contribution is 6.50. The highest BCUT2D eigenvalue weighted by Crippen LogP contribution is 2.06. The number of halogens is 4. The Balaban J connectivity index is 0.000000292. The molecule has 1 rings (SSSR count). The molecular weight excluding hydrogens is 197 g/mol. The number of hydrogen-bond acceptors (Lipinski definition) is 0. The topological polar surface area (TPSA) is 14.1 Å². The van der Waals surface area contributed by atoms with Crippen LogP contribution in [0.4, 0.5) is 17.3 Å². The molecule has 6 heteroatoms. The van der Waals surface area contributed by atoms with Crippen molar-refractivity contribution in [2.45, 2.75) is 19.8 Å². The van der Waals surface area contributed by atoms with Crippen LogP contribution in [0.25, 0.3) is 0 Å². The van der Waals surface area contributed by atoms with E-state index in [1.54, 1.807) is 0 Å². The number of pyridine rings is 1. The molecule has 0 amide bonds. The van der Waals surface area contributed by atoms with Crippen molar-refractivity contribution in [3.8, 4) is 0 Å². The second-order valence-electron chi connectivity index (χ2n) is 2.63. The van der Waals surface area contributed by atoms with Crippen LogP contribution in [0.3, 0.4) is 0 Å². The van der Waals surface area contributed by atoms with Crippen molar-refractivity contribution in [3.63, 3.8) is 0 Å². The highest BCUT2D eigenvalue weighted by Gasteiger charge is 2.20. The van der Waals surface area contributed by atoms with Crippen LogP contribution in [0.15, 0.2) is 24.4 Å². The van der Waals surface area contributed by atoms with E-state index in [2.05, 4.69) is 24.0 Å². The molecule has 1 nitrogen and oxygen atoms in total. The SMILES string of the molecule is CCCc1cccc[nH+]1.F[B-](F)(F)F. The van der Waals surface area contributed by atoms with Gasteiger partial charge in [0.15, 0.2) is 11.9 Å². The summed E-state index contributed by atoms with van der Waals surface area (Å²) in [6, 6.07) is 6.17. The van der Waals surface area contributed by atoms with Gasteiger partial charge in [-0.1, -0.05) is 13.0 Å². The number of rotatable bonds is 2. The van der Waals surface area contributed by atoms with Gasteiger partial charge in [-0.3, -0.25) is 0 Å². The van der Waals surface area contributed by atoms with E-state index in [1.807, 2.05) is 12.3 Å². The lowest BCUT2D eigenvalue weighted by Gasteiger charge is -1.94. The number of aromatic amines is 1. The van der Waals surface area contributed by atoms with Crippen molar-refractivity contribution in [2.24, 2.45) is 0 Å². The molecule has 80 valence electrons. The van der Waals surface area contributed by atoms with Gasteiger partial charge in [0.2, 0.25) is 0 Å². The fourth-order valence-electron chi connectivity index (χ4n) is 0.855. The maximum atomic E-state index is 9.75. The molecule has 14 heavy (non-hydrogen) atoms. The molecule has 0 fully saturated rings. The first kappa shape index (κ1) is 12.9. The van der Waals surface area contributed by atoms with Crippen molar-refractivity contribution in [1.29, 1.82) is 0 Å². The van der Waals surface area contributed by atoms with Crippen LogP contribution in [0.2, 0.25) is 0 Å². The minimum absolute atomic E-state index is 1.15. The Kier molecular flexibility index (Phi) is 5.91. The van der Waals surface area contributed by atoms with Gasteiger partial charge in [0.1, 0.15) is 0 Å². The maximum absolute atomic E-state index is 9.75. The molecule has 0 aliphatic carbocycles. The molecular formula is C8H12BF4N. The van der Waals surface area contributed by atoms with Gasteiger partial charge in [-0.25, -0.2) is 4.98 Å².